The van der Waals surface area contributed by atoms with E-state index in [9.17, 15) is 18.0 Å². The van der Waals surface area contributed by atoms with Crippen LogP contribution in [0.25, 0.3) is 20.7 Å². The van der Waals surface area contributed by atoms with Gasteiger partial charge in [-0.3, -0.25) is 14.2 Å². The van der Waals surface area contributed by atoms with Crippen molar-refractivity contribution in [2.45, 2.75) is 19.0 Å². The summed E-state index contributed by atoms with van der Waals surface area (Å²) in [7, 11) is -3.19. The molecule has 3 heterocycles. The van der Waals surface area contributed by atoms with Gasteiger partial charge in [0.15, 0.2) is 9.84 Å². The summed E-state index contributed by atoms with van der Waals surface area (Å²) in [6.07, 6.45) is 1.77. The molecule has 1 amide bonds. The fourth-order valence-corrected chi connectivity index (χ4v) is 6.86. The predicted octanol–water partition coefficient (Wildman–Crippen LogP) is 3.35. The molecule has 0 N–H and O–H groups in total. The van der Waals surface area contributed by atoms with Crippen molar-refractivity contribution in [3.8, 4) is 10.4 Å². The summed E-state index contributed by atoms with van der Waals surface area (Å²) in [5.74, 6) is -0.367. The van der Waals surface area contributed by atoms with E-state index in [0.717, 1.165) is 10.4 Å². The van der Waals surface area contributed by atoms with Gasteiger partial charge in [-0.2, -0.15) is 0 Å². The number of benzene rings is 2. The molecule has 0 unspecified atom stereocenters. The van der Waals surface area contributed by atoms with Gasteiger partial charge in [0.2, 0.25) is 5.91 Å². The first kappa shape index (κ1) is 21.5. The minimum absolute atomic E-state index is 0.0545. The lowest BCUT2D eigenvalue weighted by Crippen LogP contribution is -2.44. The molecule has 4 aromatic rings. The molecule has 1 fully saturated rings. The highest BCUT2D eigenvalue weighted by molar-refractivity contribution is 7.91. The maximum Gasteiger partial charge on any atom is 0.262 e. The van der Waals surface area contributed by atoms with Crippen molar-refractivity contribution < 1.29 is 13.2 Å². The second-order valence-electron chi connectivity index (χ2n) is 8.03. The number of thiophene rings is 1. The molecule has 1 saturated heterocycles. The van der Waals surface area contributed by atoms with Crippen LogP contribution in [-0.2, 0) is 21.2 Å². The van der Waals surface area contributed by atoms with Crippen LogP contribution >= 0.6 is 11.3 Å². The van der Waals surface area contributed by atoms with Crippen molar-refractivity contribution in [2.24, 2.45) is 0 Å². The van der Waals surface area contributed by atoms with Crippen LogP contribution in [0.2, 0.25) is 0 Å². The summed E-state index contributed by atoms with van der Waals surface area (Å²) >= 11 is 1.43. The molecule has 0 spiro atoms. The zero-order valence-corrected chi connectivity index (χ0v) is 19.3. The third-order valence-corrected chi connectivity index (χ3v) is 8.60. The second-order valence-corrected chi connectivity index (χ2v) is 11.3. The Labute approximate surface area is 194 Å². The molecule has 168 valence electrons. The minimum atomic E-state index is -3.19. The van der Waals surface area contributed by atoms with Gasteiger partial charge in [0, 0.05) is 10.6 Å². The van der Waals surface area contributed by atoms with Crippen LogP contribution in [0.4, 0.5) is 5.69 Å². The molecule has 0 radical (unpaired) electrons. The zero-order chi connectivity index (χ0) is 23.0. The predicted molar refractivity (Wildman–Crippen MR) is 130 cm³/mol. The van der Waals surface area contributed by atoms with Crippen molar-refractivity contribution >= 4 is 43.0 Å². The Kier molecular flexibility index (Phi) is 5.59. The van der Waals surface area contributed by atoms with Crippen LogP contribution in [0.5, 0.6) is 0 Å². The number of sulfone groups is 1. The van der Waals surface area contributed by atoms with E-state index >= 15 is 0 Å². The third kappa shape index (κ3) is 4.34. The van der Waals surface area contributed by atoms with Gasteiger partial charge in [-0.1, -0.05) is 48.5 Å². The van der Waals surface area contributed by atoms with E-state index in [0.29, 0.717) is 22.3 Å². The molecule has 1 aliphatic rings. The number of carbonyl (C=O) groups is 1. The average molecular weight is 480 g/mol. The molecule has 33 heavy (non-hydrogen) atoms. The van der Waals surface area contributed by atoms with Crippen molar-refractivity contribution in [1.29, 1.82) is 0 Å². The van der Waals surface area contributed by atoms with Gasteiger partial charge >= 0.3 is 0 Å². The normalized spacial score (nSPS) is 17.3. The van der Waals surface area contributed by atoms with Gasteiger partial charge in [-0.15, -0.1) is 11.3 Å². The van der Waals surface area contributed by atoms with E-state index < -0.39 is 15.9 Å². The Morgan fingerprint density at radius 3 is 2.45 bits per heavy atom. The van der Waals surface area contributed by atoms with Gasteiger partial charge < -0.3 is 4.90 Å². The maximum absolute atomic E-state index is 13.4. The Morgan fingerprint density at radius 1 is 1.09 bits per heavy atom. The number of anilines is 1. The van der Waals surface area contributed by atoms with Gasteiger partial charge in [-0.25, -0.2) is 13.4 Å². The molecule has 1 aliphatic heterocycles. The van der Waals surface area contributed by atoms with E-state index in [4.69, 9.17) is 0 Å². The smallest absolute Gasteiger partial charge is 0.262 e. The number of para-hydroxylation sites is 1. The van der Waals surface area contributed by atoms with E-state index in [1.807, 2.05) is 42.5 Å². The molecule has 2 aromatic carbocycles. The fourth-order valence-electron chi connectivity index (χ4n) is 4.17. The largest absolute Gasteiger partial charge is 0.307 e. The molecule has 0 bridgehead atoms. The summed E-state index contributed by atoms with van der Waals surface area (Å²) < 4.78 is 25.4. The molecule has 0 aliphatic carbocycles. The fraction of sp³-hybridized carbons (Fsp3) is 0.208. The molecule has 9 heteroatoms. The number of hydrogen-bond acceptors (Lipinski definition) is 6. The van der Waals surface area contributed by atoms with Crippen LogP contribution in [0.15, 0.2) is 77.9 Å². The first-order valence-electron chi connectivity index (χ1n) is 10.5. The summed E-state index contributed by atoms with van der Waals surface area (Å²) in [4.78, 5) is 34.0. The van der Waals surface area contributed by atoms with Gasteiger partial charge in [0.05, 0.1) is 29.3 Å². The van der Waals surface area contributed by atoms with Gasteiger partial charge in [0.1, 0.15) is 11.4 Å². The SMILES string of the molecule is O=C(Cn1cnc2sc(-c3ccccc3)cc2c1=O)N(c1ccccc1)[C@@H]1CCS(=O)(=O)C1. The van der Waals surface area contributed by atoms with Crippen LogP contribution < -0.4 is 10.5 Å². The molecule has 1 atom stereocenters. The van der Waals surface area contributed by atoms with Crippen LogP contribution in [-0.4, -0.2) is 41.4 Å². The minimum Gasteiger partial charge on any atom is -0.307 e. The van der Waals surface area contributed by atoms with Crippen LogP contribution in [0.3, 0.4) is 0 Å². The summed E-state index contributed by atoms with van der Waals surface area (Å²) in [6.45, 7) is -0.219. The Balaban J connectivity index is 1.48. The standard InChI is InChI=1S/C24H21N3O4S2/c28-22(27(18-9-5-2-6-10-18)19-11-12-33(30,31)15-19)14-26-16-25-23-20(24(26)29)13-21(32-23)17-7-3-1-4-8-17/h1-10,13,16,19H,11-12,14-15H2/t19-/m1/s1. The number of aromatic nitrogens is 2. The van der Waals surface area contributed by atoms with E-state index in [-0.39, 0.29) is 29.5 Å². The summed E-state index contributed by atoms with van der Waals surface area (Å²) in [5, 5.41) is 0.462. The highest BCUT2D eigenvalue weighted by Crippen LogP contribution is 2.30. The number of amides is 1. The molecule has 5 rings (SSSR count). The Morgan fingerprint density at radius 2 is 1.79 bits per heavy atom. The van der Waals surface area contributed by atoms with Crippen LogP contribution in [0.1, 0.15) is 6.42 Å². The first-order valence-corrected chi connectivity index (χ1v) is 13.2. The van der Waals surface area contributed by atoms with Crippen molar-refractivity contribution in [3.05, 3.63) is 83.4 Å². The summed E-state index contributed by atoms with van der Waals surface area (Å²) in [5.41, 5.74) is 1.33. The quantitative estimate of drug-likeness (QED) is 0.438. The van der Waals surface area contributed by atoms with Gasteiger partial charge in [-0.05, 0) is 30.2 Å². The van der Waals surface area contributed by atoms with Crippen LogP contribution in [0, 0.1) is 0 Å². The van der Waals surface area contributed by atoms with Gasteiger partial charge in [0.25, 0.3) is 5.56 Å². The van der Waals surface area contributed by atoms with Crippen molar-refractivity contribution in [1.82, 2.24) is 9.55 Å². The number of hydrogen-bond donors (Lipinski definition) is 0. The molecule has 7 nitrogen and oxygen atoms in total. The Bertz CT molecular complexity index is 1480. The van der Waals surface area contributed by atoms with Crippen molar-refractivity contribution in [2.75, 3.05) is 16.4 Å². The highest BCUT2D eigenvalue weighted by Gasteiger charge is 2.35. The van der Waals surface area contributed by atoms with Crippen molar-refractivity contribution in [3.63, 3.8) is 0 Å². The Hall–Kier alpha value is -3.30. The molecular weight excluding hydrogens is 458 g/mol. The number of rotatable bonds is 5. The topological polar surface area (TPSA) is 89.3 Å². The first-order chi connectivity index (χ1) is 15.9. The zero-order valence-electron chi connectivity index (χ0n) is 17.6. The monoisotopic (exact) mass is 479 g/mol. The highest BCUT2D eigenvalue weighted by atomic mass is 32.2. The summed E-state index contributed by atoms with van der Waals surface area (Å²) in [6, 6.07) is 20.1. The lowest BCUT2D eigenvalue weighted by Gasteiger charge is -2.28. The maximum atomic E-state index is 13.4. The van der Waals surface area contributed by atoms with E-state index in [1.54, 1.807) is 24.3 Å². The lowest BCUT2D eigenvalue weighted by molar-refractivity contribution is -0.119. The van der Waals surface area contributed by atoms with E-state index in [2.05, 4.69) is 4.98 Å². The third-order valence-electron chi connectivity index (χ3n) is 5.76. The molecule has 0 saturated carbocycles. The number of nitrogens with zero attached hydrogens (tertiary/aromatic N) is 3. The van der Waals surface area contributed by atoms with E-state index in [1.165, 1.54) is 27.1 Å². The number of fused-ring (bicyclic) bond motifs is 1. The average Bonchev–Trinajstić information content (AvgIpc) is 3.41. The lowest BCUT2D eigenvalue weighted by atomic mass is 10.1. The number of carbonyl (C=O) groups excluding carboxylic acids is 1. The molecular formula is C24H21N3O4S2. The second kappa shape index (κ2) is 8.57. The molecule has 2 aromatic heterocycles.